The van der Waals surface area contributed by atoms with Crippen LogP contribution in [0.4, 0.5) is 19.0 Å². The Balaban J connectivity index is 2.30. The molecule has 0 aliphatic heterocycles. The fraction of sp³-hybridized carbons (Fsp3) is 0.235. The van der Waals surface area contributed by atoms with Gasteiger partial charge in [-0.15, -0.1) is 0 Å². The summed E-state index contributed by atoms with van der Waals surface area (Å²) in [5.74, 6) is -0.315. The molecule has 0 saturated carbocycles. The van der Waals surface area contributed by atoms with Gasteiger partial charge in [0.15, 0.2) is 11.4 Å². The van der Waals surface area contributed by atoms with E-state index < -0.39 is 17.4 Å². The number of hydrogen-bond donors (Lipinski definition) is 1. The Kier molecular flexibility index (Phi) is 5.76. The number of ether oxygens (including phenoxy) is 2. The van der Waals surface area contributed by atoms with Gasteiger partial charge in [-0.2, -0.15) is 23.0 Å². The molecule has 3 rings (SSSR count). The van der Waals surface area contributed by atoms with E-state index in [-0.39, 0.29) is 45.5 Å². The molecule has 0 saturated heterocycles. The van der Waals surface area contributed by atoms with Crippen molar-refractivity contribution in [2.45, 2.75) is 13.1 Å². The molecular weight excluding hydrogens is 434 g/mol. The molecule has 0 bridgehead atoms. The Morgan fingerprint density at radius 2 is 1.76 bits per heavy atom. The third-order valence-electron chi connectivity index (χ3n) is 3.81. The lowest BCUT2D eigenvalue weighted by Gasteiger charge is -2.11. The van der Waals surface area contributed by atoms with Gasteiger partial charge in [-0.3, -0.25) is 0 Å². The molecule has 0 atom stereocenters. The highest BCUT2D eigenvalue weighted by molar-refractivity contribution is 6.37. The van der Waals surface area contributed by atoms with Crippen LogP contribution >= 0.6 is 23.2 Å². The fourth-order valence-corrected chi connectivity index (χ4v) is 3.32. The lowest BCUT2D eigenvalue weighted by atomic mass is 10.0. The van der Waals surface area contributed by atoms with E-state index in [0.29, 0.717) is 0 Å². The molecule has 2 N–H and O–H groups in total. The number of hydrogen-bond acceptors (Lipinski definition) is 6. The molecule has 7 nitrogen and oxygen atoms in total. The molecule has 12 heteroatoms. The first kappa shape index (κ1) is 21.0. The average molecular weight is 448 g/mol. The van der Waals surface area contributed by atoms with Crippen LogP contribution in [0.25, 0.3) is 16.9 Å². The van der Waals surface area contributed by atoms with E-state index in [9.17, 15) is 13.2 Å². The molecule has 0 amide bonds. The van der Waals surface area contributed by atoms with Crippen LogP contribution in [0.1, 0.15) is 12.6 Å². The molecule has 0 aliphatic rings. The third kappa shape index (κ3) is 3.90. The summed E-state index contributed by atoms with van der Waals surface area (Å²) in [6.07, 6.45) is -2.20. The minimum Gasteiger partial charge on any atom is -0.494 e. The van der Waals surface area contributed by atoms with Gasteiger partial charge < -0.3 is 15.2 Å². The number of nitrogen functional groups attached to an aromatic ring is 1. The number of methoxy groups -OCH3 is 1. The van der Waals surface area contributed by atoms with Crippen LogP contribution in [0.5, 0.6) is 11.6 Å². The lowest BCUT2D eigenvalue weighted by molar-refractivity contribution is -0.140. The van der Waals surface area contributed by atoms with Crippen LogP contribution in [0.15, 0.2) is 24.5 Å². The number of aromatic nitrogens is 4. The summed E-state index contributed by atoms with van der Waals surface area (Å²) < 4.78 is 52.4. The fourth-order valence-electron chi connectivity index (χ4n) is 2.68. The zero-order valence-corrected chi connectivity index (χ0v) is 16.6. The van der Waals surface area contributed by atoms with Crippen molar-refractivity contribution in [3.63, 3.8) is 0 Å². The monoisotopic (exact) mass is 447 g/mol. The second-order valence-electron chi connectivity index (χ2n) is 5.61. The van der Waals surface area contributed by atoms with Crippen LogP contribution in [-0.2, 0) is 6.18 Å². The van der Waals surface area contributed by atoms with Crippen LogP contribution in [0, 0.1) is 0 Å². The molecule has 3 aromatic rings. The maximum Gasteiger partial charge on any atom is 0.435 e. The van der Waals surface area contributed by atoms with E-state index in [1.807, 2.05) is 0 Å². The van der Waals surface area contributed by atoms with Gasteiger partial charge in [-0.05, 0) is 24.6 Å². The molecule has 2 heterocycles. The SMILES string of the molecule is CCOc1nccnc1-n1nc(C(F)(F)F)c(-c2cc(Cl)c(OC)c(Cl)c2)c1N. The second kappa shape index (κ2) is 7.96. The van der Waals surface area contributed by atoms with Crippen molar-refractivity contribution in [2.24, 2.45) is 0 Å². The molecule has 0 fully saturated rings. The van der Waals surface area contributed by atoms with Gasteiger partial charge in [0.25, 0.3) is 5.88 Å². The first-order valence-electron chi connectivity index (χ1n) is 8.12. The Morgan fingerprint density at radius 1 is 1.14 bits per heavy atom. The summed E-state index contributed by atoms with van der Waals surface area (Å²) in [7, 11) is 1.34. The van der Waals surface area contributed by atoms with Gasteiger partial charge in [0, 0.05) is 12.4 Å². The largest absolute Gasteiger partial charge is 0.494 e. The predicted molar refractivity (Wildman–Crippen MR) is 102 cm³/mol. The Labute approximate surface area is 173 Å². The van der Waals surface area contributed by atoms with Gasteiger partial charge in [0.05, 0.1) is 29.3 Å². The molecule has 0 spiro atoms. The van der Waals surface area contributed by atoms with Gasteiger partial charge in [-0.25, -0.2) is 9.97 Å². The highest BCUT2D eigenvalue weighted by Gasteiger charge is 2.40. The number of rotatable bonds is 5. The molecule has 0 unspecified atom stereocenters. The van der Waals surface area contributed by atoms with Crippen LogP contribution < -0.4 is 15.2 Å². The van der Waals surface area contributed by atoms with Crippen LogP contribution in [-0.4, -0.2) is 33.5 Å². The maximum atomic E-state index is 13.7. The quantitative estimate of drug-likeness (QED) is 0.612. The van der Waals surface area contributed by atoms with Crippen molar-refractivity contribution in [3.05, 3.63) is 40.3 Å². The number of nitrogens with two attached hydrogens (primary N) is 1. The topological polar surface area (TPSA) is 88.1 Å². The number of halogens is 5. The summed E-state index contributed by atoms with van der Waals surface area (Å²) in [6, 6.07) is 2.53. The Hall–Kier alpha value is -2.72. The molecule has 2 aromatic heterocycles. The normalized spacial score (nSPS) is 11.6. The van der Waals surface area contributed by atoms with Crippen molar-refractivity contribution >= 4 is 29.0 Å². The van der Waals surface area contributed by atoms with E-state index in [4.69, 9.17) is 38.4 Å². The summed E-state index contributed by atoms with van der Waals surface area (Å²) in [4.78, 5) is 7.98. The second-order valence-corrected chi connectivity index (χ2v) is 6.42. The molecule has 0 radical (unpaired) electrons. The average Bonchev–Trinajstić information content (AvgIpc) is 3.00. The van der Waals surface area contributed by atoms with Crippen molar-refractivity contribution < 1.29 is 22.6 Å². The number of benzene rings is 1. The third-order valence-corrected chi connectivity index (χ3v) is 4.37. The number of nitrogens with zero attached hydrogens (tertiary/aromatic N) is 4. The predicted octanol–water partition coefficient (Wildman–Crippen LogP) is 4.64. The minimum absolute atomic E-state index is 0.0127. The van der Waals surface area contributed by atoms with Crippen molar-refractivity contribution in [3.8, 4) is 28.6 Å². The van der Waals surface area contributed by atoms with Crippen LogP contribution in [0.2, 0.25) is 10.0 Å². The summed E-state index contributed by atoms with van der Waals surface area (Å²) >= 11 is 12.2. The van der Waals surface area contributed by atoms with E-state index in [1.165, 1.54) is 31.6 Å². The van der Waals surface area contributed by atoms with Gasteiger partial charge in [-0.1, -0.05) is 23.2 Å². The summed E-state index contributed by atoms with van der Waals surface area (Å²) in [5.41, 5.74) is 4.43. The van der Waals surface area contributed by atoms with E-state index in [0.717, 1.165) is 4.68 Å². The molecule has 1 aromatic carbocycles. The first-order chi connectivity index (χ1) is 13.7. The highest BCUT2D eigenvalue weighted by Crippen LogP contribution is 2.44. The summed E-state index contributed by atoms with van der Waals surface area (Å²) in [6.45, 7) is 1.91. The first-order valence-corrected chi connectivity index (χ1v) is 8.87. The van der Waals surface area contributed by atoms with E-state index in [2.05, 4.69) is 15.1 Å². The van der Waals surface area contributed by atoms with Crippen molar-refractivity contribution in [1.82, 2.24) is 19.7 Å². The Morgan fingerprint density at radius 3 is 2.31 bits per heavy atom. The lowest BCUT2D eigenvalue weighted by Crippen LogP contribution is -2.10. The zero-order chi connectivity index (χ0) is 21.3. The molecule has 29 heavy (non-hydrogen) atoms. The standard InChI is InChI=1S/C17H14Cl2F3N5O2/c1-3-29-16-15(24-4-5-25-16)27-14(23)11(13(26-27)17(20,21)22)8-6-9(18)12(28-2)10(19)7-8/h4-7H,3,23H2,1-2H3. The molecule has 154 valence electrons. The Bertz CT molecular complexity index is 1030. The highest BCUT2D eigenvalue weighted by atomic mass is 35.5. The summed E-state index contributed by atoms with van der Waals surface area (Å²) in [5, 5.41) is 3.68. The van der Waals surface area contributed by atoms with E-state index in [1.54, 1.807) is 6.92 Å². The minimum atomic E-state index is -4.82. The van der Waals surface area contributed by atoms with Gasteiger partial charge in [0.2, 0.25) is 5.82 Å². The molecular formula is C17H14Cl2F3N5O2. The number of alkyl halides is 3. The smallest absolute Gasteiger partial charge is 0.435 e. The number of anilines is 1. The van der Waals surface area contributed by atoms with E-state index >= 15 is 0 Å². The van der Waals surface area contributed by atoms with Gasteiger partial charge >= 0.3 is 6.18 Å². The molecule has 0 aliphatic carbocycles. The zero-order valence-electron chi connectivity index (χ0n) is 15.1. The van der Waals surface area contributed by atoms with Crippen molar-refractivity contribution in [2.75, 3.05) is 19.5 Å². The maximum absolute atomic E-state index is 13.7. The van der Waals surface area contributed by atoms with Crippen molar-refractivity contribution in [1.29, 1.82) is 0 Å². The van der Waals surface area contributed by atoms with Gasteiger partial charge in [0.1, 0.15) is 5.82 Å². The van der Waals surface area contributed by atoms with Crippen LogP contribution in [0.3, 0.4) is 0 Å².